The second-order valence-corrected chi connectivity index (χ2v) is 6.25. The molecule has 1 nitrogen and oxygen atoms in total. The van der Waals surface area contributed by atoms with Crippen molar-refractivity contribution in [1.82, 2.24) is 0 Å². The number of rotatable bonds is 0. The second kappa shape index (κ2) is 3.37. The van der Waals surface area contributed by atoms with Crippen molar-refractivity contribution in [1.29, 1.82) is 0 Å². The Labute approximate surface area is 88.2 Å². The van der Waals surface area contributed by atoms with Crippen molar-refractivity contribution < 1.29 is 5.11 Å². The highest BCUT2D eigenvalue weighted by molar-refractivity contribution is 5.30. The SMILES string of the molecule is CC1=C(C(C)(C)C)C(C)(C)CCC1O. The highest BCUT2D eigenvalue weighted by Crippen LogP contribution is 2.48. The molecule has 0 aromatic rings. The molecule has 0 spiro atoms. The lowest BCUT2D eigenvalue weighted by molar-refractivity contribution is 0.146. The van der Waals surface area contributed by atoms with Crippen molar-refractivity contribution in [3.05, 3.63) is 11.1 Å². The van der Waals surface area contributed by atoms with Crippen molar-refractivity contribution in [3.8, 4) is 0 Å². The van der Waals surface area contributed by atoms with Crippen LogP contribution >= 0.6 is 0 Å². The minimum Gasteiger partial charge on any atom is -0.389 e. The Kier molecular flexibility index (Phi) is 2.84. The molecule has 0 radical (unpaired) electrons. The van der Waals surface area contributed by atoms with E-state index in [9.17, 15) is 5.11 Å². The maximum atomic E-state index is 9.89. The van der Waals surface area contributed by atoms with Crippen molar-refractivity contribution >= 4 is 0 Å². The molecule has 1 aliphatic carbocycles. The normalized spacial score (nSPS) is 28.1. The average Bonchev–Trinajstić information content (AvgIpc) is 1.94. The molecular formula is C13H24O. The first-order chi connectivity index (χ1) is 6.16. The van der Waals surface area contributed by atoms with Crippen LogP contribution in [-0.2, 0) is 0 Å². The maximum absolute atomic E-state index is 9.89. The first-order valence-corrected chi connectivity index (χ1v) is 5.56. The van der Waals surface area contributed by atoms with E-state index >= 15 is 0 Å². The Morgan fingerprint density at radius 2 is 1.79 bits per heavy atom. The molecule has 0 amide bonds. The Hall–Kier alpha value is -0.300. The van der Waals surface area contributed by atoms with Crippen LogP contribution in [0.25, 0.3) is 0 Å². The monoisotopic (exact) mass is 196 g/mol. The summed E-state index contributed by atoms with van der Waals surface area (Å²) in [6.45, 7) is 13.4. The van der Waals surface area contributed by atoms with Gasteiger partial charge in [0.2, 0.25) is 0 Å². The highest BCUT2D eigenvalue weighted by atomic mass is 16.3. The Morgan fingerprint density at radius 3 is 2.14 bits per heavy atom. The molecule has 0 saturated carbocycles. The summed E-state index contributed by atoms with van der Waals surface area (Å²) < 4.78 is 0. The van der Waals surface area contributed by atoms with Gasteiger partial charge in [-0.1, -0.05) is 40.2 Å². The fourth-order valence-corrected chi connectivity index (χ4v) is 3.15. The van der Waals surface area contributed by atoms with Gasteiger partial charge in [0, 0.05) is 0 Å². The molecule has 0 fully saturated rings. The van der Waals surface area contributed by atoms with E-state index in [0.29, 0.717) is 0 Å². The fraction of sp³-hybridized carbons (Fsp3) is 0.846. The Balaban J connectivity index is 3.23. The van der Waals surface area contributed by atoms with Gasteiger partial charge < -0.3 is 5.11 Å². The summed E-state index contributed by atoms with van der Waals surface area (Å²) >= 11 is 0. The molecule has 0 aromatic carbocycles. The van der Waals surface area contributed by atoms with E-state index in [1.165, 1.54) is 11.1 Å². The van der Waals surface area contributed by atoms with E-state index in [4.69, 9.17) is 0 Å². The minimum atomic E-state index is -0.211. The molecule has 1 heteroatoms. The predicted octanol–water partition coefficient (Wildman–Crippen LogP) is 3.53. The number of hydrogen-bond acceptors (Lipinski definition) is 1. The lowest BCUT2D eigenvalue weighted by atomic mass is 9.63. The molecule has 0 aliphatic heterocycles. The molecule has 14 heavy (non-hydrogen) atoms. The highest BCUT2D eigenvalue weighted by Gasteiger charge is 2.37. The zero-order chi connectivity index (χ0) is 11.1. The quantitative estimate of drug-likeness (QED) is 0.588. The summed E-state index contributed by atoms with van der Waals surface area (Å²) in [5.41, 5.74) is 3.08. The molecule has 0 saturated heterocycles. The van der Waals surface area contributed by atoms with Gasteiger partial charge in [-0.05, 0) is 36.2 Å². The summed E-state index contributed by atoms with van der Waals surface area (Å²) in [4.78, 5) is 0. The molecule has 0 aromatic heterocycles. The Morgan fingerprint density at radius 1 is 1.29 bits per heavy atom. The van der Waals surface area contributed by atoms with E-state index < -0.39 is 0 Å². The second-order valence-electron chi connectivity index (χ2n) is 6.25. The van der Waals surface area contributed by atoms with Crippen LogP contribution in [0.1, 0.15) is 54.4 Å². The lowest BCUT2D eigenvalue weighted by Crippen LogP contribution is -2.34. The van der Waals surface area contributed by atoms with Gasteiger partial charge in [0.1, 0.15) is 0 Å². The van der Waals surface area contributed by atoms with E-state index in [1.807, 2.05) is 0 Å². The van der Waals surface area contributed by atoms with Crippen LogP contribution in [-0.4, -0.2) is 11.2 Å². The van der Waals surface area contributed by atoms with E-state index in [-0.39, 0.29) is 16.9 Å². The van der Waals surface area contributed by atoms with Gasteiger partial charge in [0.25, 0.3) is 0 Å². The smallest absolute Gasteiger partial charge is 0.0750 e. The first kappa shape index (κ1) is 11.8. The molecule has 1 aliphatic rings. The lowest BCUT2D eigenvalue weighted by Gasteiger charge is -2.43. The number of allylic oxidation sites excluding steroid dienone is 1. The topological polar surface area (TPSA) is 20.2 Å². The number of aliphatic hydroxyl groups excluding tert-OH is 1. The van der Waals surface area contributed by atoms with Crippen molar-refractivity contribution in [2.45, 2.75) is 60.5 Å². The van der Waals surface area contributed by atoms with Crippen LogP contribution in [0.15, 0.2) is 11.1 Å². The van der Waals surface area contributed by atoms with E-state index in [2.05, 4.69) is 41.5 Å². The van der Waals surface area contributed by atoms with E-state index in [1.54, 1.807) is 0 Å². The molecule has 0 heterocycles. The van der Waals surface area contributed by atoms with Crippen molar-refractivity contribution in [2.75, 3.05) is 0 Å². The van der Waals surface area contributed by atoms with Crippen molar-refractivity contribution in [2.24, 2.45) is 10.8 Å². The summed E-state index contributed by atoms with van der Waals surface area (Å²) in [6.07, 6.45) is 1.80. The van der Waals surface area contributed by atoms with Crippen molar-refractivity contribution in [3.63, 3.8) is 0 Å². The standard InChI is InChI=1S/C13H24O/c1-9-10(14)7-8-13(5,6)11(9)12(2,3)4/h10,14H,7-8H2,1-6H3. The summed E-state index contributed by atoms with van der Waals surface area (Å²) in [6, 6.07) is 0. The van der Waals surface area contributed by atoms with Gasteiger partial charge in [-0.3, -0.25) is 0 Å². The van der Waals surface area contributed by atoms with Gasteiger partial charge in [-0.15, -0.1) is 0 Å². The van der Waals surface area contributed by atoms with E-state index in [0.717, 1.165) is 12.8 Å². The van der Waals surface area contributed by atoms with Gasteiger partial charge >= 0.3 is 0 Å². The molecule has 1 rings (SSSR count). The first-order valence-electron chi connectivity index (χ1n) is 5.56. The number of aliphatic hydroxyl groups is 1. The molecular weight excluding hydrogens is 172 g/mol. The molecule has 1 unspecified atom stereocenters. The fourth-order valence-electron chi connectivity index (χ4n) is 3.15. The summed E-state index contributed by atoms with van der Waals surface area (Å²) in [5.74, 6) is 0. The van der Waals surface area contributed by atoms with Crippen LogP contribution in [0.3, 0.4) is 0 Å². The van der Waals surface area contributed by atoms with Crippen LogP contribution in [0.2, 0.25) is 0 Å². The maximum Gasteiger partial charge on any atom is 0.0750 e. The third-order valence-corrected chi connectivity index (χ3v) is 3.36. The zero-order valence-corrected chi connectivity index (χ0v) is 10.4. The van der Waals surface area contributed by atoms with Crippen LogP contribution in [0, 0.1) is 10.8 Å². The molecule has 82 valence electrons. The summed E-state index contributed by atoms with van der Waals surface area (Å²) in [7, 11) is 0. The summed E-state index contributed by atoms with van der Waals surface area (Å²) in [5, 5.41) is 9.89. The number of hydrogen-bond donors (Lipinski definition) is 1. The molecule has 1 N–H and O–H groups in total. The van der Waals surface area contributed by atoms with Gasteiger partial charge in [-0.2, -0.15) is 0 Å². The van der Waals surface area contributed by atoms with Gasteiger partial charge in [-0.25, -0.2) is 0 Å². The third kappa shape index (κ3) is 2.03. The van der Waals surface area contributed by atoms with Crippen LogP contribution in [0.4, 0.5) is 0 Å². The molecule has 0 bridgehead atoms. The largest absolute Gasteiger partial charge is 0.389 e. The zero-order valence-electron chi connectivity index (χ0n) is 10.4. The predicted molar refractivity (Wildman–Crippen MR) is 61.2 cm³/mol. The third-order valence-electron chi connectivity index (χ3n) is 3.36. The Bertz CT molecular complexity index is 253. The van der Waals surface area contributed by atoms with Crippen LogP contribution < -0.4 is 0 Å². The van der Waals surface area contributed by atoms with Gasteiger partial charge in [0.15, 0.2) is 0 Å². The van der Waals surface area contributed by atoms with Crippen LogP contribution in [0.5, 0.6) is 0 Å². The minimum absolute atomic E-state index is 0.176. The van der Waals surface area contributed by atoms with Gasteiger partial charge in [0.05, 0.1) is 6.10 Å². The molecule has 1 atom stereocenters. The average molecular weight is 196 g/mol.